The molecule has 5 nitrogen and oxygen atoms in total. The van der Waals surface area contributed by atoms with Crippen molar-refractivity contribution in [3.05, 3.63) is 59.9 Å². The Morgan fingerprint density at radius 3 is 2.57 bits per heavy atom. The van der Waals surface area contributed by atoms with Gasteiger partial charge in [0, 0.05) is 24.7 Å². The zero-order chi connectivity index (χ0) is 20.1. The molecule has 0 fully saturated rings. The minimum absolute atomic E-state index is 0.868. The van der Waals surface area contributed by atoms with Crippen LogP contribution < -0.4 is 20.5 Å². The summed E-state index contributed by atoms with van der Waals surface area (Å²) in [6.07, 6.45) is 3.43. The Morgan fingerprint density at radius 2 is 1.86 bits per heavy atom. The van der Waals surface area contributed by atoms with Gasteiger partial charge in [0.25, 0.3) is 5.82 Å². The average molecular weight is 379 g/mol. The number of imidazole rings is 1. The van der Waals surface area contributed by atoms with Gasteiger partial charge in [0.1, 0.15) is 0 Å². The number of benzene rings is 2. The molecule has 2 heterocycles. The fraction of sp³-hybridized carbons (Fsp3) is 0.348. The quantitative estimate of drug-likeness (QED) is 0.530. The van der Waals surface area contributed by atoms with Gasteiger partial charge in [0.15, 0.2) is 11.0 Å². The molecule has 1 aliphatic heterocycles. The van der Waals surface area contributed by atoms with Crippen LogP contribution in [0, 0.1) is 0 Å². The second kappa shape index (κ2) is 9.04. The van der Waals surface area contributed by atoms with E-state index in [4.69, 9.17) is 0 Å². The summed E-state index contributed by atoms with van der Waals surface area (Å²) in [4.78, 5) is 2.23. The lowest BCUT2D eigenvalue weighted by molar-refractivity contribution is -0.647. The van der Waals surface area contributed by atoms with Crippen LogP contribution in [0.4, 0.5) is 5.69 Å². The first-order valence-electron chi connectivity index (χ1n) is 9.97. The van der Waals surface area contributed by atoms with Gasteiger partial charge in [-0.3, -0.25) is 0 Å². The predicted octanol–water partition coefficient (Wildman–Crippen LogP) is 2.99. The molecule has 5 heteroatoms. The van der Waals surface area contributed by atoms with Gasteiger partial charge in [0.2, 0.25) is 0 Å². The first kappa shape index (κ1) is 20.1. The Balaban J connectivity index is 0.00000109. The molecular weight excluding hydrogens is 346 g/mol. The van der Waals surface area contributed by atoms with E-state index in [-0.39, 0.29) is 0 Å². The molecule has 0 saturated carbocycles. The van der Waals surface area contributed by atoms with Crippen LogP contribution in [0.25, 0.3) is 22.7 Å². The molecule has 2 aromatic carbocycles. The number of aryl methyl sites for hydroxylation is 2. The predicted molar refractivity (Wildman–Crippen MR) is 119 cm³/mol. The number of anilines is 1. The van der Waals surface area contributed by atoms with E-state index >= 15 is 0 Å². The van der Waals surface area contributed by atoms with Crippen LogP contribution in [-0.2, 0) is 13.6 Å². The highest BCUT2D eigenvalue weighted by atomic mass is 15.2. The highest BCUT2D eigenvalue weighted by Gasteiger charge is 2.30. The van der Waals surface area contributed by atoms with Crippen molar-refractivity contribution in [2.45, 2.75) is 19.9 Å². The normalized spacial score (nSPS) is 14.1. The molecule has 3 N–H and O–H groups in total. The fourth-order valence-electron chi connectivity index (χ4n) is 3.88. The summed E-state index contributed by atoms with van der Waals surface area (Å²) in [5.41, 5.74) is 11.0. The molecule has 0 bridgehead atoms. The molecule has 0 amide bonds. The zero-order valence-electron chi connectivity index (χ0n) is 17.4. The first-order valence-corrected chi connectivity index (χ1v) is 9.97. The van der Waals surface area contributed by atoms with Gasteiger partial charge in [-0.05, 0) is 49.5 Å². The van der Waals surface area contributed by atoms with E-state index in [1.807, 2.05) is 0 Å². The van der Waals surface area contributed by atoms with Crippen molar-refractivity contribution in [1.29, 1.82) is 0 Å². The summed E-state index contributed by atoms with van der Waals surface area (Å²) < 4.78 is 4.77. The molecule has 1 aliphatic rings. The van der Waals surface area contributed by atoms with E-state index in [2.05, 4.69) is 101 Å². The number of hydrogen-bond acceptors (Lipinski definition) is 3. The topological polar surface area (TPSA) is 50.1 Å². The summed E-state index contributed by atoms with van der Waals surface area (Å²) in [5.74, 6) is 1.33. The summed E-state index contributed by atoms with van der Waals surface area (Å²) >= 11 is 0. The molecule has 28 heavy (non-hydrogen) atoms. The van der Waals surface area contributed by atoms with Crippen molar-refractivity contribution < 1.29 is 4.57 Å². The van der Waals surface area contributed by atoms with Crippen molar-refractivity contribution in [1.82, 2.24) is 9.88 Å². The molecule has 4 rings (SSSR count). The zero-order valence-corrected chi connectivity index (χ0v) is 17.4. The van der Waals surface area contributed by atoms with E-state index in [0.717, 1.165) is 26.2 Å². The highest BCUT2D eigenvalue weighted by Crippen LogP contribution is 2.31. The first-order chi connectivity index (χ1) is 13.7. The number of aromatic nitrogens is 2. The molecule has 0 saturated heterocycles. The van der Waals surface area contributed by atoms with Crippen molar-refractivity contribution >= 4 is 28.4 Å². The average Bonchev–Trinajstić information content (AvgIpc) is 3.28. The maximum atomic E-state index is 4.50. The molecule has 148 valence electrons. The van der Waals surface area contributed by atoms with E-state index in [0.29, 0.717) is 0 Å². The Hall–Kier alpha value is -2.63. The number of hydrogen-bond donors (Lipinski definition) is 2. The van der Waals surface area contributed by atoms with Gasteiger partial charge in [-0.15, -0.1) is 0 Å². The fourth-order valence-corrected chi connectivity index (χ4v) is 3.88. The molecule has 1 aromatic heterocycles. The third-order valence-corrected chi connectivity index (χ3v) is 5.27. The summed E-state index contributed by atoms with van der Waals surface area (Å²) in [6.45, 7) is 5.04. The van der Waals surface area contributed by atoms with Gasteiger partial charge in [-0.2, -0.15) is 0 Å². The van der Waals surface area contributed by atoms with E-state index in [1.54, 1.807) is 0 Å². The molecule has 0 atom stereocenters. The van der Waals surface area contributed by atoms with Crippen molar-refractivity contribution in [3.63, 3.8) is 0 Å². The summed E-state index contributed by atoms with van der Waals surface area (Å²) in [7, 11) is 5.79. The van der Waals surface area contributed by atoms with E-state index in [1.165, 1.54) is 40.7 Å². The smallest absolute Gasteiger partial charge is 0.285 e. The molecule has 0 aliphatic carbocycles. The second-order valence-electron chi connectivity index (χ2n) is 6.99. The van der Waals surface area contributed by atoms with Crippen LogP contribution >= 0.6 is 0 Å². The number of nitrogens with two attached hydrogens (primary N) is 1. The van der Waals surface area contributed by atoms with Crippen molar-refractivity contribution in [2.24, 2.45) is 12.8 Å². The van der Waals surface area contributed by atoms with Crippen LogP contribution in [0.1, 0.15) is 24.7 Å². The van der Waals surface area contributed by atoms with Gasteiger partial charge in [-0.25, -0.2) is 9.13 Å². The molecule has 3 aromatic rings. The summed E-state index contributed by atoms with van der Waals surface area (Å²) in [6, 6.07) is 17.5. The van der Waals surface area contributed by atoms with Gasteiger partial charge < -0.3 is 16.0 Å². The standard InChI is InChI=1S/C22H27N4.CH5N/c1-4-23-16-24(2)19-11-9-17(10-12-19)15-18-13-14-26-21-8-6-5-7-20(21)25(3)22(18)26;1-2/h5-12,15,23H,4,13-14,16H2,1-3H3;2H2,1H3/q+1;. The third-order valence-electron chi connectivity index (χ3n) is 5.27. The number of rotatable bonds is 5. The monoisotopic (exact) mass is 378 g/mol. The van der Waals surface area contributed by atoms with Gasteiger partial charge in [0.05, 0.1) is 20.3 Å². The number of fused-ring (bicyclic) bond motifs is 3. The maximum absolute atomic E-state index is 4.50. The molecule has 0 spiro atoms. The van der Waals surface area contributed by atoms with Crippen LogP contribution in [0.5, 0.6) is 0 Å². The summed E-state index contributed by atoms with van der Waals surface area (Å²) in [5, 5.41) is 3.36. The largest absolute Gasteiger partial charge is 0.362 e. The lowest BCUT2D eigenvalue weighted by Gasteiger charge is -2.19. The number of nitrogens with one attached hydrogen (secondary N) is 1. The number of allylic oxidation sites excluding steroid dienone is 1. The Bertz CT molecular complexity index is 953. The number of nitrogens with zero attached hydrogens (tertiary/aromatic N) is 3. The third kappa shape index (κ3) is 3.81. The maximum Gasteiger partial charge on any atom is 0.285 e. The Morgan fingerprint density at radius 1 is 1.14 bits per heavy atom. The highest BCUT2D eigenvalue weighted by molar-refractivity contribution is 5.84. The molecular formula is C23H32N5+. The second-order valence-corrected chi connectivity index (χ2v) is 6.99. The van der Waals surface area contributed by atoms with Gasteiger partial charge >= 0.3 is 0 Å². The lowest BCUT2D eigenvalue weighted by atomic mass is 10.1. The number of para-hydroxylation sites is 2. The van der Waals surface area contributed by atoms with Crippen LogP contribution in [0.3, 0.4) is 0 Å². The Kier molecular flexibility index (Phi) is 6.49. The SMILES string of the molecule is CCNCN(C)c1ccc(/C=C2\CCn3c2[n+](C)c2ccccc23)cc1.CN. The van der Waals surface area contributed by atoms with Crippen LogP contribution in [-0.4, -0.2) is 31.9 Å². The molecule has 0 unspecified atom stereocenters. The minimum Gasteiger partial charge on any atom is -0.362 e. The van der Waals surface area contributed by atoms with Crippen LogP contribution in [0.15, 0.2) is 48.5 Å². The van der Waals surface area contributed by atoms with Crippen molar-refractivity contribution in [2.75, 3.05) is 32.2 Å². The van der Waals surface area contributed by atoms with E-state index < -0.39 is 0 Å². The van der Waals surface area contributed by atoms with Crippen molar-refractivity contribution in [3.8, 4) is 0 Å². The van der Waals surface area contributed by atoms with E-state index in [9.17, 15) is 0 Å². The Labute approximate surface area is 168 Å². The lowest BCUT2D eigenvalue weighted by Crippen LogP contribution is -2.31. The minimum atomic E-state index is 0.868. The van der Waals surface area contributed by atoms with Gasteiger partial charge in [-0.1, -0.05) is 31.2 Å². The van der Waals surface area contributed by atoms with Crippen LogP contribution in [0.2, 0.25) is 0 Å². The molecule has 0 radical (unpaired) electrons.